The van der Waals surface area contributed by atoms with Crippen LogP contribution >= 0.6 is 0 Å². The van der Waals surface area contributed by atoms with E-state index in [1.807, 2.05) is 51.4 Å². The minimum atomic E-state index is -4.25. The number of anilines is 1. The Morgan fingerprint density at radius 1 is 1.21 bits per heavy atom. The van der Waals surface area contributed by atoms with Gasteiger partial charge in [-0.1, -0.05) is 13.0 Å². The largest absolute Gasteiger partial charge is 0.496 e. The lowest BCUT2D eigenvalue weighted by Gasteiger charge is -2.40. The predicted octanol–water partition coefficient (Wildman–Crippen LogP) is 4.59. The number of nitrogens with two attached hydrogens (primary N) is 1. The lowest BCUT2D eigenvalue weighted by molar-refractivity contribution is -0.147. The van der Waals surface area contributed by atoms with Crippen molar-refractivity contribution < 1.29 is 22.7 Å². The van der Waals surface area contributed by atoms with Crippen LogP contribution in [0.15, 0.2) is 41.2 Å². The number of aromatic amines is 1. The Balaban J connectivity index is 1.83. The summed E-state index contributed by atoms with van der Waals surface area (Å²) >= 11 is 0. The van der Waals surface area contributed by atoms with Gasteiger partial charge in [0, 0.05) is 62.2 Å². The molecule has 3 aromatic rings. The van der Waals surface area contributed by atoms with Crippen LogP contribution in [0.3, 0.4) is 0 Å². The molecule has 0 saturated carbocycles. The molecule has 1 saturated heterocycles. The van der Waals surface area contributed by atoms with E-state index in [0.29, 0.717) is 84.1 Å². The number of halogens is 3. The zero-order valence-electron chi connectivity index (χ0n) is 28.8. The van der Waals surface area contributed by atoms with E-state index in [1.165, 1.54) is 12.0 Å². The van der Waals surface area contributed by atoms with Crippen molar-refractivity contribution in [3.05, 3.63) is 74.9 Å². The second-order valence-electron chi connectivity index (χ2n) is 12.3. The standard InChI is InChI=1S/C34H47F3N8O3/c1-8-10-23(16-29(38)42(5)6)30-27-17-25(31(46)39-18-26-28(48-7)15-21(3)41-32(26)47)22(4)33(45(27)20-40-30)44(9-2)24-11-13-43(14-12-24)19-34(35,36)37/h10,15-17,20,24H,8-9,11-14,18-19,38H2,1-7H3,(H,39,46)(H,41,47)/b23-10+,29-16+. The highest BCUT2D eigenvalue weighted by molar-refractivity contribution is 5.99. The normalized spacial score (nSPS) is 15.2. The number of aromatic nitrogens is 3. The third-order valence-electron chi connectivity index (χ3n) is 8.70. The first-order chi connectivity index (χ1) is 22.7. The maximum absolute atomic E-state index is 14.0. The summed E-state index contributed by atoms with van der Waals surface area (Å²) in [5, 5.41) is 2.91. The van der Waals surface area contributed by atoms with E-state index < -0.39 is 18.6 Å². The van der Waals surface area contributed by atoms with E-state index in [0.717, 1.165) is 11.4 Å². The van der Waals surface area contributed by atoms with Gasteiger partial charge in [-0.2, -0.15) is 13.2 Å². The summed E-state index contributed by atoms with van der Waals surface area (Å²) in [5.74, 6) is 1.24. The summed E-state index contributed by atoms with van der Waals surface area (Å²) in [6.45, 7) is 7.79. The molecule has 48 heavy (non-hydrogen) atoms. The molecule has 262 valence electrons. The number of hydrogen-bond donors (Lipinski definition) is 3. The number of likely N-dealkylation sites (tertiary alicyclic amines) is 1. The Hall–Kier alpha value is -4.46. The van der Waals surface area contributed by atoms with E-state index in [4.69, 9.17) is 15.5 Å². The highest BCUT2D eigenvalue weighted by Crippen LogP contribution is 2.34. The number of fused-ring (bicyclic) bond motifs is 1. The van der Waals surface area contributed by atoms with Crippen molar-refractivity contribution in [2.75, 3.05) is 52.3 Å². The second kappa shape index (κ2) is 15.2. The zero-order chi connectivity index (χ0) is 35.3. The highest BCUT2D eigenvalue weighted by Gasteiger charge is 2.34. The smallest absolute Gasteiger partial charge is 0.401 e. The number of nitrogens with zero attached hydrogens (tertiary/aromatic N) is 5. The maximum atomic E-state index is 14.0. The molecule has 0 spiro atoms. The fraction of sp³-hybridized carbons (Fsp3) is 0.500. The van der Waals surface area contributed by atoms with Gasteiger partial charge in [-0.05, 0) is 58.2 Å². The summed E-state index contributed by atoms with van der Waals surface area (Å²) in [7, 11) is 5.16. The van der Waals surface area contributed by atoms with Crippen molar-refractivity contribution in [1.29, 1.82) is 0 Å². The van der Waals surface area contributed by atoms with Crippen molar-refractivity contribution >= 4 is 22.8 Å². The number of alkyl halides is 3. The van der Waals surface area contributed by atoms with Gasteiger partial charge >= 0.3 is 6.18 Å². The van der Waals surface area contributed by atoms with Crippen LogP contribution in [0.2, 0.25) is 0 Å². The van der Waals surface area contributed by atoms with Crippen LogP contribution in [0.25, 0.3) is 11.1 Å². The van der Waals surface area contributed by atoms with E-state index in [2.05, 4.69) is 15.2 Å². The molecule has 0 bridgehead atoms. The number of methoxy groups -OCH3 is 1. The predicted molar refractivity (Wildman–Crippen MR) is 182 cm³/mol. The Kier molecular flexibility index (Phi) is 11.5. The molecule has 3 aromatic heterocycles. The number of imidazole rings is 1. The van der Waals surface area contributed by atoms with Crippen LogP contribution < -0.4 is 26.2 Å². The van der Waals surface area contributed by atoms with Crippen molar-refractivity contribution in [2.24, 2.45) is 5.73 Å². The van der Waals surface area contributed by atoms with Gasteiger partial charge in [0.15, 0.2) is 0 Å². The molecule has 4 rings (SSSR count). The number of rotatable bonds is 12. The molecule has 4 N–H and O–H groups in total. The van der Waals surface area contributed by atoms with Crippen molar-refractivity contribution in [1.82, 2.24) is 29.5 Å². The first-order valence-corrected chi connectivity index (χ1v) is 16.1. The molecule has 1 fully saturated rings. The van der Waals surface area contributed by atoms with E-state index >= 15 is 0 Å². The number of carbonyl (C=O) groups is 1. The van der Waals surface area contributed by atoms with Crippen LogP contribution in [-0.4, -0.2) is 89.7 Å². The summed E-state index contributed by atoms with van der Waals surface area (Å²) in [6, 6.07) is 3.43. The third kappa shape index (κ3) is 8.15. The number of carbonyl (C=O) groups excluding carboxylic acids is 1. The van der Waals surface area contributed by atoms with Gasteiger partial charge in [0.05, 0.1) is 42.8 Å². The highest BCUT2D eigenvalue weighted by atomic mass is 19.4. The van der Waals surface area contributed by atoms with Crippen molar-refractivity contribution in [3.63, 3.8) is 0 Å². The topological polar surface area (TPSA) is 124 Å². The van der Waals surface area contributed by atoms with Gasteiger partial charge < -0.3 is 30.6 Å². The third-order valence-corrected chi connectivity index (χ3v) is 8.70. The number of H-pyrrole nitrogens is 1. The monoisotopic (exact) mass is 672 g/mol. The van der Waals surface area contributed by atoms with Crippen LogP contribution in [0.5, 0.6) is 5.75 Å². The van der Waals surface area contributed by atoms with E-state index in [9.17, 15) is 22.8 Å². The number of aryl methyl sites for hydroxylation is 1. The number of piperidine rings is 1. The average molecular weight is 673 g/mol. The fourth-order valence-corrected chi connectivity index (χ4v) is 6.28. The van der Waals surface area contributed by atoms with E-state index in [-0.39, 0.29) is 18.1 Å². The van der Waals surface area contributed by atoms with Gasteiger partial charge in [-0.15, -0.1) is 0 Å². The minimum Gasteiger partial charge on any atom is -0.496 e. The Labute approximate surface area is 279 Å². The Morgan fingerprint density at radius 3 is 2.48 bits per heavy atom. The number of allylic oxidation sites excluding steroid dienone is 3. The van der Waals surface area contributed by atoms with Crippen LogP contribution in [0.1, 0.15) is 66.0 Å². The fourth-order valence-electron chi connectivity index (χ4n) is 6.28. The molecule has 1 aliphatic heterocycles. The number of amides is 1. The summed E-state index contributed by atoms with van der Waals surface area (Å²) in [4.78, 5) is 39.7. The van der Waals surface area contributed by atoms with Gasteiger partial charge in [0.25, 0.3) is 11.5 Å². The van der Waals surface area contributed by atoms with Gasteiger partial charge in [-0.25, -0.2) is 4.98 Å². The molecule has 14 heteroatoms. The second-order valence-corrected chi connectivity index (χ2v) is 12.3. The molecule has 0 radical (unpaired) electrons. The first kappa shape index (κ1) is 36.4. The van der Waals surface area contributed by atoms with Crippen LogP contribution in [0, 0.1) is 13.8 Å². The van der Waals surface area contributed by atoms with Crippen LogP contribution in [-0.2, 0) is 6.54 Å². The molecule has 0 unspecified atom stereocenters. The van der Waals surface area contributed by atoms with Crippen molar-refractivity contribution in [2.45, 2.75) is 65.7 Å². The van der Waals surface area contributed by atoms with E-state index in [1.54, 1.807) is 30.3 Å². The van der Waals surface area contributed by atoms with Crippen molar-refractivity contribution in [3.8, 4) is 5.75 Å². The number of ether oxygens (including phenoxy) is 1. The molecule has 1 amide bonds. The van der Waals surface area contributed by atoms with Gasteiger partial charge in [0.1, 0.15) is 17.9 Å². The summed E-state index contributed by atoms with van der Waals surface area (Å²) in [6.07, 6.45) is 3.09. The lowest BCUT2D eigenvalue weighted by atomic mass is 10.00. The molecule has 1 aliphatic rings. The van der Waals surface area contributed by atoms with Gasteiger partial charge in [0.2, 0.25) is 0 Å². The molecule has 11 nitrogen and oxygen atoms in total. The number of nitrogens with one attached hydrogen (secondary N) is 2. The lowest BCUT2D eigenvalue weighted by Crippen LogP contribution is -2.48. The van der Waals surface area contributed by atoms with Crippen LogP contribution in [0.4, 0.5) is 19.0 Å². The average Bonchev–Trinajstić information content (AvgIpc) is 3.44. The molecule has 0 aliphatic carbocycles. The zero-order valence-corrected chi connectivity index (χ0v) is 28.8. The quantitative estimate of drug-likeness (QED) is 0.239. The molecule has 0 aromatic carbocycles. The Bertz CT molecular complexity index is 1730. The molecule has 4 heterocycles. The minimum absolute atomic E-state index is 0.0594. The summed E-state index contributed by atoms with van der Waals surface area (Å²) in [5.41, 5.74) is 10.0. The molecular formula is C34H47F3N8O3. The first-order valence-electron chi connectivity index (χ1n) is 16.1. The summed E-state index contributed by atoms with van der Waals surface area (Å²) < 4.78 is 46.7. The maximum Gasteiger partial charge on any atom is 0.401 e. The number of hydrogen-bond acceptors (Lipinski definition) is 8. The molecule has 0 atom stereocenters. The molecular weight excluding hydrogens is 625 g/mol. The Morgan fingerprint density at radius 2 is 1.90 bits per heavy atom. The SMILES string of the molecule is CC/C=C(\C=C(/N)N(C)C)c1ncn2c(N(CC)C3CCN(CC(F)(F)F)CC3)c(C)c(C(=O)NCc3c(OC)cc(C)[nH]c3=O)cc12. The number of pyridine rings is 2. The van der Waals surface area contributed by atoms with Gasteiger partial charge in [-0.3, -0.25) is 18.9 Å².